The van der Waals surface area contributed by atoms with E-state index in [0.717, 1.165) is 4.47 Å². The van der Waals surface area contributed by atoms with Gasteiger partial charge in [-0.25, -0.2) is 10.2 Å². The summed E-state index contributed by atoms with van der Waals surface area (Å²) >= 11 is 3.38. The van der Waals surface area contributed by atoms with Gasteiger partial charge in [-0.05, 0) is 54.6 Å². The Bertz CT molecular complexity index is 1200. The van der Waals surface area contributed by atoms with E-state index in [0.29, 0.717) is 28.4 Å². The Hall–Kier alpha value is -3.85. The van der Waals surface area contributed by atoms with Crippen LogP contribution in [0.4, 0.5) is 0 Å². The average Bonchev–Trinajstić information content (AvgIpc) is 2.84. The van der Waals surface area contributed by atoms with Gasteiger partial charge in [0.05, 0.1) is 33.1 Å². The van der Waals surface area contributed by atoms with Crippen LogP contribution >= 0.6 is 15.9 Å². The predicted molar refractivity (Wildman–Crippen MR) is 127 cm³/mol. The Morgan fingerprint density at radius 1 is 0.848 bits per heavy atom. The lowest BCUT2D eigenvalue weighted by molar-refractivity contribution is 0.0733. The van der Waals surface area contributed by atoms with E-state index >= 15 is 0 Å². The maximum absolute atomic E-state index is 12.7. The number of hydrogen-bond donors (Lipinski definition) is 1. The molecule has 3 rings (SSSR count). The number of esters is 1. The fraction of sp³-hybridized carbons (Fsp3) is 0.125. The van der Waals surface area contributed by atoms with Crippen molar-refractivity contribution in [3.05, 3.63) is 81.8 Å². The SMILES string of the molecule is COc1cccc(C(=O)NN=Cc2cc(Br)ccc2OC(=O)c2ccc(OC)c(OC)c2)c1. The lowest BCUT2D eigenvalue weighted by Gasteiger charge is -2.11. The number of amides is 1. The summed E-state index contributed by atoms with van der Waals surface area (Å²) in [6.45, 7) is 0. The van der Waals surface area contributed by atoms with Crippen LogP contribution in [0.5, 0.6) is 23.0 Å². The van der Waals surface area contributed by atoms with E-state index in [1.807, 2.05) is 0 Å². The van der Waals surface area contributed by atoms with Gasteiger partial charge in [0.25, 0.3) is 5.91 Å². The van der Waals surface area contributed by atoms with E-state index in [1.165, 1.54) is 33.6 Å². The highest BCUT2D eigenvalue weighted by Crippen LogP contribution is 2.29. The van der Waals surface area contributed by atoms with Gasteiger partial charge in [0.15, 0.2) is 11.5 Å². The van der Waals surface area contributed by atoms with Crippen LogP contribution in [0.3, 0.4) is 0 Å². The summed E-state index contributed by atoms with van der Waals surface area (Å²) in [5.74, 6) is 0.722. The van der Waals surface area contributed by atoms with Crippen molar-refractivity contribution < 1.29 is 28.5 Å². The summed E-state index contributed by atoms with van der Waals surface area (Å²) in [5, 5.41) is 3.99. The molecule has 3 aromatic rings. The molecule has 9 heteroatoms. The van der Waals surface area contributed by atoms with Gasteiger partial charge in [-0.15, -0.1) is 0 Å². The molecule has 3 aromatic carbocycles. The number of methoxy groups -OCH3 is 3. The van der Waals surface area contributed by atoms with Crippen LogP contribution < -0.4 is 24.4 Å². The average molecular weight is 513 g/mol. The molecular formula is C24H21BrN2O6. The fourth-order valence-corrected chi connectivity index (χ4v) is 3.20. The molecule has 0 saturated carbocycles. The first kappa shape index (κ1) is 23.8. The van der Waals surface area contributed by atoms with E-state index in [2.05, 4.69) is 26.5 Å². The number of carbonyl (C=O) groups excluding carboxylic acids is 2. The molecule has 0 spiro atoms. The monoisotopic (exact) mass is 512 g/mol. The fourth-order valence-electron chi connectivity index (χ4n) is 2.82. The third kappa shape index (κ3) is 6.11. The van der Waals surface area contributed by atoms with Gasteiger partial charge in [-0.3, -0.25) is 4.79 Å². The van der Waals surface area contributed by atoms with Crippen molar-refractivity contribution in [1.29, 1.82) is 0 Å². The molecule has 1 amide bonds. The first-order valence-corrected chi connectivity index (χ1v) is 10.5. The van der Waals surface area contributed by atoms with Crippen LogP contribution in [-0.4, -0.2) is 39.4 Å². The highest BCUT2D eigenvalue weighted by atomic mass is 79.9. The third-order valence-corrected chi connectivity index (χ3v) is 4.99. The van der Waals surface area contributed by atoms with Crippen molar-refractivity contribution in [3.8, 4) is 23.0 Å². The molecule has 0 heterocycles. The van der Waals surface area contributed by atoms with Crippen molar-refractivity contribution >= 4 is 34.0 Å². The largest absolute Gasteiger partial charge is 0.497 e. The highest BCUT2D eigenvalue weighted by Gasteiger charge is 2.15. The Morgan fingerprint density at radius 2 is 1.61 bits per heavy atom. The van der Waals surface area contributed by atoms with Gasteiger partial charge in [0.2, 0.25) is 0 Å². The Labute approximate surface area is 199 Å². The number of hydrogen-bond acceptors (Lipinski definition) is 7. The molecule has 0 radical (unpaired) electrons. The van der Waals surface area contributed by atoms with Gasteiger partial charge in [-0.2, -0.15) is 5.10 Å². The topological polar surface area (TPSA) is 95.5 Å². The minimum Gasteiger partial charge on any atom is -0.497 e. The van der Waals surface area contributed by atoms with Gasteiger partial charge in [-0.1, -0.05) is 22.0 Å². The zero-order valence-corrected chi connectivity index (χ0v) is 19.7. The zero-order valence-electron chi connectivity index (χ0n) is 18.1. The molecule has 0 aliphatic rings. The number of hydrazone groups is 1. The van der Waals surface area contributed by atoms with E-state index < -0.39 is 11.9 Å². The summed E-state index contributed by atoms with van der Waals surface area (Å²) in [4.78, 5) is 25.0. The molecule has 0 aliphatic carbocycles. The van der Waals surface area contributed by atoms with Gasteiger partial charge < -0.3 is 18.9 Å². The number of nitrogens with one attached hydrogen (secondary N) is 1. The number of benzene rings is 3. The molecule has 0 aliphatic heterocycles. The molecule has 170 valence electrons. The lowest BCUT2D eigenvalue weighted by atomic mass is 10.2. The van der Waals surface area contributed by atoms with E-state index in [1.54, 1.807) is 54.6 Å². The maximum atomic E-state index is 12.7. The molecule has 0 bridgehead atoms. The molecule has 8 nitrogen and oxygen atoms in total. The second-order valence-electron chi connectivity index (χ2n) is 6.57. The van der Waals surface area contributed by atoms with Crippen molar-refractivity contribution in [1.82, 2.24) is 5.43 Å². The number of nitrogens with zero attached hydrogens (tertiary/aromatic N) is 1. The second-order valence-corrected chi connectivity index (χ2v) is 7.49. The van der Waals surface area contributed by atoms with E-state index in [-0.39, 0.29) is 11.3 Å². The highest BCUT2D eigenvalue weighted by molar-refractivity contribution is 9.10. The standard InChI is InChI=1S/C24H21BrN2O6/c1-30-19-6-4-5-15(12-19)23(28)27-26-14-17-11-18(25)8-10-20(17)33-24(29)16-7-9-21(31-2)22(13-16)32-3/h4-14H,1-3H3,(H,27,28). The Balaban J connectivity index is 1.76. The van der Waals surface area contributed by atoms with Crippen molar-refractivity contribution in [3.63, 3.8) is 0 Å². The predicted octanol–water partition coefficient (Wildman–Crippen LogP) is 4.46. The van der Waals surface area contributed by atoms with Gasteiger partial charge in [0, 0.05) is 15.6 Å². The number of halogens is 1. The Kier molecular flexibility index (Phi) is 8.04. The lowest BCUT2D eigenvalue weighted by Crippen LogP contribution is -2.17. The van der Waals surface area contributed by atoms with Crippen molar-refractivity contribution in [2.75, 3.05) is 21.3 Å². The number of ether oxygens (including phenoxy) is 4. The Morgan fingerprint density at radius 3 is 2.33 bits per heavy atom. The molecule has 0 atom stereocenters. The van der Waals surface area contributed by atoms with Crippen LogP contribution in [0, 0.1) is 0 Å². The van der Waals surface area contributed by atoms with Gasteiger partial charge in [0.1, 0.15) is 11.5 Å². The van der Waals surface area contributed by atoms with E-state index in [9.17, 15) is 9.59 Å². The van der Waals surface area contributed by atoms with Crippen LogP contribution in [0.15, 0.2) is 70.2 Å². The van der Waals surface area contributed by atoms with Crippen LogP contribution in [-0.2, 0) is 0 Å². The second kappa shape index (κ2) is 11.1. The molecule has 0 saturated heterocycles. The molecular weight excluding hydrogens is 492 g/mol. The summed E-state index contributed by atoms with van der Waals surface area (Å²) in [5.41, 5.74) is 3.59. The maximum Gasteiger partial charge on any atom is 0.343 e. The van der Waals surface area contributed by atoms with Crippen LogP contribution in [0.2, 0.25) is 0 Å². The summed E-state index contributed by atoms with van der Waals surface area (Å²) in [6.07, 6.45) is 1.39. The first-order chi connectivity index (χ1) is 15.9. The van der Waals surface area contributed by atoms with Crippen molar-refractivity contribution in [2.24, 2.45) is 5.10 Å². The van der Waals surface area contributed by atoms with Crippen molar-refractivity contribution in [2.45, 2.75) is 0 Å². The zero-order chi connectivity index (χ0) is 23.8. The number of carbonyl (C=O) groups is 2. The minimum absolute atomic E-state index is 0.261. The smallest absolute Gasteiger partial charge is 0.343 e. The van der Waals surface area contributed by atoms with Crippen LogP contribution in [0.25, 0.3) is 0 Å². The van der Waals surface area contributed by atoms with Gasteiger partial charge >= 0.3 is 5.97 Å². The normalized spacial score (nSPS) is 10.5. The summed E-state index contributed by atoms with van der Waals surface area (Å²) in [6, 6.07) is 16.5. The quantitative estimate of drug-likeness (QED) is 0.207. The summed E-state index contributed by atoms with van der Waals surface area (Å²) in [7, 11) is 4.51. The first-order valence-electron chi connectivity index (χ1n) is 9.66. The molecule has 1 N–H and O–H groups in total. The molecule has 0 unspecified atom stereocenters. The molecule has 33 heavy (non-hydrogen) atoms. The molecule has 0 fully saturated rings. The summed E-state index contributed by atoms with van der Waals surface area (Å²) < 4.78 is 21.8. The molecule has 0 aromatic heterocycles. The van der Waals surface area contributed by atoms with Crippen LogP contribution in [0.1, 0.15) is 26.3 Å². The number of rotatable bonds is 8. The minimum atomic E-state index is -0.589. The third-order valence-electron chi connectivity index (χ3n) is 4.50. The van der Waals surface area contributed by atoms with E-state index in [4.69, 9.17) is 18.9 Å².